The molecule has 150 valence electrons. The molecule has 6 heteroatoms. The predicted octanol–water partition coefficient (Wildman–Crippen LogP) is 3.95. The Labute approximate surface area is 166 Å². The van der Waals surface area contributed by atoms with E-state index in [2.05, 4.69) is 4.90 Å². The van der Waals surface area contributed by atoms with Gasteiger partial charge in [0.05, 0.1) is 26.9 Å². The first-order valence-electron chi connectivity index (χ1n) is 9.33. The molecule has 0 bridgehead atoms. The molecule has 2 aromatic carbocycles. The molecule has 1 heterocycles. The van der Waals surface area contributed by atoms with Crippen molar-refractivity contribution in [1.82, 2.24) is 0 Å². The molecule has 28 heavy (non-hydrogen) atoms. The highest BCUT2D eigenvalue weighted by atomic mass is 16.6. The van der Waals surface area contributed by atoms with Gasteiger partial charge in [0, 0.05) is 5.69 Å². The zero-order chi connectivity index (χ0) is 20.3. The maximum atomic E-state index is 12.7. The fourth-order valence-corrected chi connectivity index (χ4v) is 3.64. The van der Waals surface area contributed by atoms with Crippen LogP contribution < -0.4 is 14.4 Å². The molecule has 1 fully saturated rings. The highest BCUT2D eigenvalue weighted by Crippen LogP contribution is 2.45. The maximum absolute atomic E-state index is 12.7. The zero-order valence-corrected chi connectivity index (χ0v) is 17.0. The Morgan fingerprint density at radius 3 is 2.04 bits per heavy atom. The molecule has 2 aromatic rings. The lowest BCUT2D eigenvalue weighted by Gasteiger charge is -2.36. The smallest absolute Gasteiger partial charge is 0.337 e. The van der Waals surface area contributed by atoms with Gasteiger partial charge in [-0.05, 0) is 62.7 Å². The molecule has 6 nitrogen and oxygen atoms in total. The molecular formula is C22H27NO5. The summed E-state index contributed by atoms with van der Waals surface area (Å²) in [4.78, 5) is 14.8. The molecule has 0 spiro atoms. The summed E-state index contributed by atoms with van der Waals surface area (Å²) in [5, 5.41) is 0. The number of anilines is 1. The van der Waals surface area contributed by atoms with E-state index < -0.39 is 11.8 Å². The van der Waals surface area contributed by atoms with Gasteiger partial charge in [-0.1, -0.05) is 12.1 Å². The van der Waals surface area contributed by atoms with Crippen molar-refractivity contribution in [2.75, 3.05) is 25.7 Å². The van der Waals surface area contributed by atoms with E-state index in [1.54, 1.807) is 21.1 Å². The van der Waals surface area contributed by atoms with Crippen LogP contribution in [0.3, 0.4) is 0 Å². The summed E-state index contributed by atoms with van der Waals surface area (Å²) in [5.74, 6) is 1.16. The van der Waals surface area contributed by atoms with E-state index in [0.717, 1.165) is 22.7 Å². The summed E-state index contributed by atoms with van der Waals surface area (Å²) >= 11 is 0. The average Bonchev–Trinajstić information content (AvgIpc) is 2.99. The van der Waals surface area contributed by atoms with Crippen LogP contribution in [0.5, 0.6) is 11.5 Å². The zero-order valence-electron chi connectivity index (χ0n) is 17.0. The molecular weight excluding hydrogens is 358 g/mol. The van der Waals surface area contributed by atoms with E-state index in [0.29, 0.717) is 6.61 Å². The number of hydrogen-bond donors (Lipinski definition) is 0. The molecule has 0 aliphatic carbocycles. The molecule has 0 aromatic heterocycles. The third kappa shape index (κ3) is 3.78. The number of methoxy groups -OCH3 is 2. The van der Waals surface area contributed by atoms with E-state index >= 15 is 0 Å². The number of carbonyl (C=O) groups is 1. The molecule has 1 aliphatic rings. The third-order valence-electron chi connectivity index (χ3n) is 4.89. The molecule has 2 atom stereocenters. The van der Waals surface area contributed by atoms with Gasteiger partial charge in [0.2, 0.25) is 0 Å². The Kier molecular flexibility index (Phi) is 5.79. The number of carbonyl (C=O) groups excluding carboxylic acids is 1. The largest absolute Gasteiger partial charge is 0.497 e. The molecule has 3 rings (SSSR count). The molecule has 0 saturated carbocycles. The number of hydrogen-bond acceptors (Lipinski definition) is 6. The van der Waals surface area contributed by atoms with E-state index in [1.807, 2.05) is 62.4 Å². The van der Waals surface area contributed by atoms with Gasteiger partial charge >= 0.3 is 5.97 Å². The Balaban J connectivity index is 2.07. The highest BCUT2D eigenvalue weighted by molar-refractivity contribution is 5.78. The maximum Gasteiger partial charge on any atom is 0.337 e. The summed E-state index contributed by atoms with van der Waals surface area (Å²) in [6.45, 7) is 6.00. The number of nitrogens with zero attached hydrogens (tertiary/aromatic N) is 1. The van der Waals surface area contributed by atoms with Crippen molar-refractivity contribution >= 4 is 11.7 Å². The van der Waals surface area contributed by atoms with Gasteiger partial charge in [0.25, 0.3) is 0 Å². The van der Waals surface area contributed by atoms with Crippen LogP contribution in [-0.2, 0) is 14.3 Å². The molecule has 2 unspecified atom stereocenters. The molecule has 1 saturated heterocycles. The third-order valence-corrected chi connectivity index (χ3v) is 4.89. The van der Waals surface area contributed by atoms with Gasteiger partial charge < -0.3 is 23.8 Å². The quantitative estimate of drug-likeness (QED) is 0.702. The van der Waals surface area contributed by atoms with Crippen LogP contribution in [0.4, 0.5) is 5.69 Å². The van der Waals surface area contributed by atoms with Gasteiger partial charge in [-0.3, -0.25) is 0 Å². The molecule has 1 aliphatic heterocycles. The van der Waals surface area contributed by atoms with Crippen molar-refractivity contribution in [3.63, 3.8) is 0 Å². The summed E-state index contributed by atoms with van der Waals surface area (Å²) in [5.41, 5.74) is 1.16. The normalized spacial score (nSPS) is 20.7. The minimum absolute atomic E-state index is 0.303. The lowest BCUT2D eigenvalue weighted by molar-refractivity contribution is -0.159. The summed E-state index contributed by atoms with van der Waals surface area (Å²) in [6, 6.07) is 15.1. The van der Waals surface area contributed by atoms with E-state index in [9.17, 15) is 4.79 Å². The Bertz CT molecular complexity index is 801. The molecule has 0 amide bonds. The fraction of sp³-hybridized carbons (Fsp3) is 0.409. The van der Waals surface area contributed by atoms with Gasteiger partial charge in [-0.25, -0.2) is 4.79 Å². The van der Waals surface area contributed by atoms with Crippen LogP contribution in [-0.4, -0.2) is 38.6 Å². The van der Waals surface area contributed by atoms with Gasteiger partial charge in [0.1, 0.15) is 17.2 Å². The summed E-state index contributed by atoms with van der Waals surface area (Å²) in [7, 11) is 3.26. The van der Waals surface area contributed by atoms with Crippen molar-refractivity contribution in [3.05, 3.63) is 54.1 Å². The van der Waals surface area contributed by atoms with E-state index in [4.69, 9.17) is 18.9 Å². The first-order chi connectivity index (χ1) is 13.4. The van der Waals surface area contributed by atoms with Crippen LogP contribution >= 0.6 is 0 Å². The standard InChI is InChI=1S/C22H27NO5/c1-6-27-21(24)20-19(15-7-11-17(25-4)12-8-15)23(22(2,3)28-20)16-9-13-18(26-5)14-10-16/h7-14,19-20H,6H2,1-5H3. The van der Waals surface area contributed by atoms with Crippen LogP contribution in [0.15, 0.2) is 48.5 Å². The first kappa shape index (κ1) is 20.0. The van der Waals surface area contributed by atoms with Gasteiger partial charge in [-0.15, -0.1) is 0 Å². The van der Waals surface area contributed by atoms with Crippen molar-refractivity contribution in [1.29, 1.82) is 0 Å². The average molecular weight is 385 g/mol. The van der Waals surface area contributed by atoms with Crippen LogP contribution in [0.25, 0.3) is 0 Å². The monoisotopic (exact) mass is 385 g/mol. The van der Waals surface area contributed by atoms with Crippen molar-refractivity contribution in [2.45, 2.75) is 38.6 Å². The van der Waals surface area contributed by atoms with Crippen molar-refractivity contribution in [2.24, 2.45) is 0 Å². The van der Waals surface area contributed by atoms with Crippen LogP contribution in [0, 0.1) is 0 Å². The van der Waals surface area contributed by atoms with Gasteiger partial charge in [0.15, 0.2) is 6.10 Å². The lowest BCUT2D eigenvalue weighted by Crippen LogP contribution is -2.40. The number of esters is 1. The minimum Gasteiger partial charge on any atom is -0.497 e. The fourth-order valence-electron chi connectivity index (χ4n) is 3.64. The SMILES string of the molecule is CCOC(=O)C1OC(C)(C)N(c2ccc(OC)cc2)C1c1ccc(OC)cc1. The Morgan fingerprint density at radius 2 is 1.54 bits per heavy atom. The second-order valence-corrected chi connectivity index (χ2v) is 7.02. The van der Waals surface area contributed by atoms with Crippen LogP contribution in [0.1, 0.15) is 32.4 Å². The number of rotatable bonds is 6. The summed E-state index contributed by atoms with van der Waals surface area (Å²) < 4.78 is 22.0. The Hall–Kier alpha value is -2.73. The minimum atomic E-state index is -0.745. The molecule has 0 radical (unpaired) electrons. The second kappa shape index (κ2) is 8.10. The van der Waals surface area contributed by atoms with Crippen molar-refractivity contribution < 1.29 is 23.7 Å². The number of ether oxygens (including phenoxy) is 4. The van der Waals surface area contributed by atoms with E-state index in [-0.39, 0.29) is 12.0 Å². The predicted molar refractivity (Wildman–Crippen MR) is 107 cm³/mol. The second-order valence-electron chi connectivity index (χ2n) is 7.02. The first-order valence-corrected chi connectivity index (χ1v) is 9.33. The van der Waals surface area contributed by atoms with Gasteiger partial charge in [-0.2, -0.15) is 0 Å². The lowest BCUT2D eigenvalue weighted by atomic mass is 9.98. The summed E-state index contributed by atoms with van der Waals surface area (Å²) in [6.07, 6.45) is -0.745. The Morgan fingerprint density at radius 1 is 1.00 bits per heavy atom. The highest BCUT2D eigenvalue weighted by Gasteiger charge is 2.51. The topological polar surface area (TPSA) is 57.2 Å². The number of benzene rings is 2. The van der Waals surface area contributed by atoms with E-state index in [1.165, 1.54) is 0 Å². The van der Waals surface area contributed by atoms with Crippen molar-refractivity contribution in [3.8, 4) is 11.5 Å². The van der Waals surface area contributed by atoms with Crippen LogP contribution in [0.2, 0.25) is 0 Å². The molecule has 0 N–H and O–H groups in total.